The van der Waals surface area contributed by atoms with Crippen molar-refractivity contribution >= 4 is 12.1 Å². The van der Waals surface area contributed by atoms with Gasteiger partial charge in [-0.25, -0.2) is 9.59 Å². The van der Waals surface area contributed by atoms with E-state index in [1.54, 1.807) is 0 Å². The molecule has 0 fully saturated rings. The third-order valence-corrected chi connectivity index (χ3v) is 5.08. The summed E-state index contributed by atoms with van der Waals surface area (Å²) in [6.45, 7) is 0.230. The van der Waals surface area contributed by atoms with Gasteiger partial charge in [0.1, 0.15) is 12.6 Å². The van der Waals surface area contributed by atoms with E-state index in [4.69, 9.17) is 9.84 Å². The molecule has 0 heterocycles. The summed E-state index contributed by atoms with van der Waals surface area (Å²) in [7, 11) is 0. The van der Waals surface area contributed by atoms with E-state index in [-0.39, 0.29) is 19.1 Å². The number of nitrogens with one attached hydrogen (secondary N) is 1. The van der Waals surface area contributed by atoms with Crippen molar-refractivity contribution < 1.29 is 24.5 Å². The number of ether oxygens (including phenoxy) is 1. The average Bonchev–Trinajstić information content (AvgIpc) is 3.02. The Balaban J connectivity index is 1.60. The SMILES string of the molecule is O=C(N[C@@H](CCCCCO)C(=O)O)OCC1c2ccccc2-c2ccccc21. The normalized spacial score (nSPS) is 13.5. The Bertz CT molecular complexity index is 790. The van der Waals surface area contributed by atoms with Crippen LogP contribution in [0.2, 0.25) is 0 Å². The third kappa shape index (κ3) is 4.51. The highest BCUT2D eigenvalue weighted by molar-refractivity contribution is 5.81. The van der Waals surface area contributed by atoms with Gasteiger partial charge in [0.05, 0.1) is 0 Å². The van der Waals surface area contributed by atoms with Crippen LogP contribution in [0.5, 0.6) is 0 Å². The number of aliphatic carboxylic acids is 1. The summed E-state index contributed by atoms with van der Waals surface area (Å²) in [4.78, 5) is 23.6. The number of fused-ring (bicyclic) bond motifs is 3. The molecule has 1 aliphatic rings. The number of benzene rings is 2. The highest BCUT2D eigenvalue weighted by atomic mass is 16.5. The number of rotatable bonds is 9. The summed E-state index contributed by atoms with van der Waals surface area (Å²) in [6.07, 6.45) is 1.53. The second-order valence-corrected chi connectivity index (χ2v) is 6.93. The smallest absolute Gasteiger partial charge is 0.407 e. The van der Waals surface area contributed by atoms with Crippen LogP contribution in [0.1, 0.15) is 42.7 Å². The summed E-state index contributed by atoms with van der Waals surface area (Å²) < 4.78 is 5.39. The van der Waals surface area contributed by atoms with Crippen molar-refractivity contribution in [2.45, 2.75) is 37.6 Å². The summed E-state index contributed by atoms with van der Waals surface area (Å²) in [6, 6.07) is 15.1. The van der Waals surface area contributed by atoms with Gasteiger partial charge in [0.25, 0.3) is 0 Å². The van der Waals surface area contributed by atoms with Gasteiger partial charge in [-0.05, 0) is 35.1 Å². The van der Waals surface area contributed by atoms with Crippen molar-refractivity contribution in [3.63, 3.8) is 0 Å². The highest BCUT2D eigenvalue weighted by Crippen LogP contribution is 2.44. The van der Waals surface area contributed by atoms with Gasteiger partial charge in [0, 0.05) is 12.5 Å². The summed E-state index contributed by atoms with van der Waals surface area (Å²) in [5.41, 5.74) is 4.49. The lowest BCUT2D eigenvalue weighted by Gasteiger charge is -2.17. The number of carbonyl (C=O) groups excluding carboxylic acids is 1. The number of alkyl carbamates (subject to hydrolysis) is 1. The van der Waals surface area contributed by atoms with Crippen molar-refractivity contribution in [3.05, 3.63) is 59.7 Å². The maximum Gasteiger partial charge on any atom is 0.407 e. The van der Waals surface area contributed by atoms with Crippen LogP contribution in [0.3, 0.4) is 0 Å². The Morgan fingerprint density at radius 3 is 2.14 bits per heavy atom. The lowest BCUT2D eigenvalue weighted by atomic mass is 9.98. The second-order valence-electron chi connectivity index (χ2n) is 6.93. The number of aliphatic hydroxyl groups is 1. The van der Waals surface area contributed by atoms with Crippen LogP contribution < -0.4 is 5.32 Å². The Kier molecular flexibility index (Phi) is 6.66. The molecule has 0 radical (unpaired) electrons. The molecule has 0 saturated carbocycles. The van der Waals surface area contributed by atoms with E-state index < -0.39 is 18.1 Å². The first-order chi connectivity index (χ1) is 13.6. The molecule has 0 unspecified atom stereocenters. The minimum atomic E-state index is -1.09. The van der Waals surface area contributed by atoms with Gasteiger partial charge >= 0.3 is 12.1 Å². The van der Waals surface area contributed by atoms with Gasteiger partial charge in [-0.3, -0.25) is 0 Å². The van der Waals surface area contributed by atoms with E-state index in [0.717, 1.165) is 22.3 Å². The number of carboxylic acid groups (broad SMARTS) is 1. The Labute approximate surface area is 164 Å². The standard InChI is InChI=1S/C22H25NO5/c24-13-7-1-2-12-20(21(25)26)23-22(27)28-14-19-17-10-5-3-8-15(17)16-9-4-6-11-18(16)19/h3-6,8-11,19-20,24H,1-2,7,12-14H2,(H,23,27)(H,25,26)/t20-/m0/s1. The molecule has 1 amide bonds. The molecule has 0 bridgehead atoms. The number of hydrogen-bond acceptors (Lipinski definition) is 4. The predicted octanol–water partition coefficient (Wildman–Crippen LogP) is 3.53. The lowest BCUT2D eigenvalue weighted by Crippen LogP contribution is -2.41. The first-order valence-corrected chi connectivity index (χ1v) is 9.57. The molecule has 3 rings (SSSR count). The summed E-state index contributed by atoms with van der Waals surface area (Å²) in [5, 5.41) is 20.5. The molecule has 0 spiro atoms. The molecule has 2 aromatic carbocycles. The van der Waals surface area contributed by atoms with Gasteiger partial charge in [0.2, 0.25) is 0 Å². The Morgan fingerprint density at radius 1 is 0.964 bits per heavy atom. The highest BCUT2D eigenvalue weighted by Gasteiger charge is 2.29. The van der Waals surface area contributed by atoms with Crippen LogP contribution in [-0.2, 0) is 9.53 Å². The van der Waals surface area contributed by atoms with Crippen molar-refractivity contribution in [2.75, 3.05) is 13.2 Å². The summed E-state index contributed by atoms with van der Waals surface area (Å²) in [5.74, 6) is -1.15. The molecule has 6 heteroatoms. The lowest BCUT2D eigenvalue weighted by molar-refractivity contribution is -0.139. The minimum absolute atomic E-state index is 0.0639. The van der Waals surface area contributed by atoms with Crippen molar-refractivity contribution in [2.24, 2.45) is 0 Å². The van der Waals surface area contributed by atoms with E-state index in [2.05, 4.69) is 17.4 Å². The molecule has 1 atom stereocenters. The van der Waals surface area contributed by atoms with Crippen LogP contribution in [-0.4, -0.2) is 41.5 Å². The molecule has 0 aromatic heterocycles. The van der Waals surface area contributed by atoms with Gasteiger partial charge in [0.15, 0.2) is 0 Å². The van der Waals surface area contributed by atoms with E-state index in [1.807, 2.05) is 36.4 Å². The fourth-order valence-electron chi connectivity index (χ4n) is 3.68. The molecular formula is C22H25NO5. The minimum Gasteiger partial charge on any atom is -0.480 e. The molecule has 6 nitrogen and oxygen atoms in total. The molecule has 2 aromatic rings. The molecular weight excluding hydrogens is 358 g/mol. The number of aliphatic hydroxyl groups excluding tert-OH is 1. The molecule has 148 valence electrons. The average molecular weight is 383 g/mol. The quantitative estimate of drug-likeness (QED) is 0.576. The molecule has 0 aliphatic heterocycles. The van der Waals surface area contributed by atoms with Crippen molar-refractivity contribution in [3.8, 4) is 11.1 Å². The van der Waals surface area contributed by atoms with Crippen molar-refractivity contribution in [1.82, 2.24) is 5.32 Å². The van der Waals surface area contributed by atoms with E-state index in [0.29, 0.717) is 25.7 Å². The topological polar surface area (TPSA) is 95.9 Å². The van der Waals surface area contributed by atoms with Crippen LogP contribution >= 0.6 is 0 Å². The predicted molar refractivity (Wildman–Crippen MR) is 105 cm³/mol. The summed E-state index contributed by atoms with van der Waals surface area (Å²) >= 11 is 0. The van der Waals surface area contributed by atoms with E-state index in [9.17, 15) is 14.7 Å². The van der Waals surface area contributed by atoms with Crippen LogP contribution in [0.25, 0.3) is 11.1 Å². The fraction of sp³-hybridized carbons (Fsp3) is 0.364. The number of carboxylic acids is 1. The zero-order chi connectivity index (χ0) is 19.9. The van der Waals surface area contributed by atoms with Crippen LogP contribution in [0.4, 0.5) is 4.79 Å². The monoisotopic (exact) mass is 383 g/mol. The maximum atomic E-state index is 12.2. The number of hydrogen-bond donors (Lipinski definition) is 3. The maximum absolute atomic E-state index is 12.2. The third-order valence-electron chi connectivity index (χ3n) is 5.08. The largest absolute Gasteiger partial charge is 0.480 e. The van der Waals surface area contributed by atoms with Gasteiger partial charge in [-0.15, -0.1) is 0 Å². The van der Waals surface area contributed by atoms with Crippen LogP contribution in [0, 0.1) is 0 Å². The molecule has 1 aliphatic carbocycles. The molecule has 3 N–H and O–H groups in total. The first kappa shape index (κ1) is 19.9. The number of unbranched alkanes of at least 4 members (excludes halogenated alkanes) is 2. The Hall–Kier alpha value is -2.86. The van der Waals surface area contributed by atoms with E-state index >= 15 is 0 Å². The van der Waals surface area contributed by atoms with Gasteiger partial charge in [-0.1, -0.05) is 61.4 Å². The van der Waals surface area contributed by atoms with Gasteiger partial charge < -0.3 is 20.3 Å². The first-order valence-electron chi connectivity index (χ1n) is 9.57. The zero-order valence-electron chi connectivity index (χ0n) is 15.6. The van der Waals surface area contributed by atoms with Crippen molar-refractivity contribution in [1.29, 1.82) is 0 Å². The molecule has 28 heavy (non-hydrogen) atoms. The second kappa shape index (κ2) is 9.37. The Morgan fingerprint density at radius 2 is 1.57 bits per heavy atom. The van der Waals surface area contributed by atoms with E-state index in [1.165, 1.54) is 0 Å². The molecule has 0 saturated heterocycles. The number of carbonyl (C=O) groups is 2. The fourth-order valence-corrected chi connectivity index (χ4v) is 3.68. The number of amides is 1. The van der Waals surface area contributed by atoms with Gasteiger partial charge in [-0.2, -0.15) is 0 Å². The van der Waals surface area contributed by atoms with Crippen LogP contribution in [0.15, 0.2) is 48.5 Å². The zero-order valence-corrected chi connectivity index (χ0v) is 15.6.